The quantitative estimate of drug-likeness (QED) is 0.739. The molecule has 0 unspecified atom stereocenters. The molecule has 0 radical (unpaired) electrons. The molecule has 1 aliphatic heterocycles. The van der Waals surface area contributed by atoms with Gasteiger partial charge in [-0.2, -0.15) is 8.42 Å². The zero-order chi connectivity index (χ0) is 20.6. The molecule has 0 aromatic heterocycles. The van der Waals surface area contributed by atoms with Gasteiger partial charge < -0.3 is 10.2 Å². The Balaban J connectivity index is 2.00. The first-order valence-corrected chi connectivity index (χ1v) is 10.8. The summed E-state index contributed by atoms with van der Waals surface area (Å²) in [4.78, 5) is 14.5. The number of amides is 1. The number of amidine groups is 1. The second kappa shape index (κ2) is 7.73. The zero-order valence-corrected chi connectivity index (χ0v) is 17.9. The summed E-state index contributed by atoms with van der Waals surface area (Å²) in [6, 6.07) is 9.38. The molecule has 0 saturated heterocycles. The Morgan fingerprint density at radius 3 is 2.43 bits per heavy atom. The highest BCUT2D eigenvalue weighted by molar-refractivity contribution is 7.90. The summed E-state index contributed by atoms with van der Waals surface area (Å²) in [7, 11) is -3.89. The average molecular weight is 440 g/mol. The first kappa shape index (κ1) is 20.6. The normalized spacial score (nSPS) is 15.2. The van der Waals surface area contributed by atoms with E-state index in [0.717, 1.165) is 0 Å². The molecular formula is C19H19Cl2N3O3S. The summed E-state index contributed by atoms with van der Waals surface area (Å²) in [5, 5.41) is 3.21. The summed E-state index contributed by atoms with van der Waals surface area (Å²) >= 11 is 12.2. The van der Waals surface area contributed by atoms with Gasteiger partial charge in [0.05, 0.1) is 21.4 Å². The molecule has 3 rings (SSSR count). The van der Waals surface area contributed by atoms with E-state index in [4.69, 9.17) is 23.2 Å². The minimum atomic E-state index is -3.89. The van der Waals surface area contributed by atoms with Crippen LogP contribution >= 0.6 is 23.2 Å². The fourth-order valence-corrected chi connectivity index (χ4v) is 4.69. The van der Waals surface area contributed by atoms with Crippen molar-refractivity contribution >= 4 is 56.3 Å². The summed E-state index contributed by atoms with van der Waals surface area (Å²) in [6.07, 6.45) is 0. The summed E-state index contributed by atoms with van der Waals surface area (Å²) < 4.78 is 29.0. The lowest BCUT2D eigenvalue weighted by Crippen LogP contribution is -2.36. The van der Waals surface area contributed by atoms with Gasteiger partial charge in [-0.3, -0.25) is 4.79 Å². The first-order chi connectivity index (χ1) is 13.1. The number of carbonyl (C=O) groups is 1. The van der Waals surface area contributed by atoms with Gasteiger partial charge in [0.15, 0.2) is 0 Å². The smallest absolute Gasteiger partial charge is 0.286 e. The second-order valence-electron chi connectivity index (χ2n) is 6.85. The van der Waals surface area contributed by atoms with Crippen molar-refractivity contribution in [2.75, 3.05) is 16.8 Å². The minimum Gasteiger partial charge on any atom is -0.328 e. The Morgan fingerprint density at radius 2 is 1.82 bits per heavy atom. The van der Waals surface area contributed by atoms with Crippen LogP contribution in [0.3, 0.4) is 0 Å². The minimum absolute atomic E-state index is 0.00310. The molecular weight excluding hydrogens is 421 g/mol. The van der Waals surface area contributed by atoms with E-state index in [1.807, 2.05) is 18.7 Å². The Labute approximate surface area is 174 Å². The second-order valence-corrected chi connectivity index (χ2v) is 9.24. The number of anilines is 2. The lowest BCUT2D eigenvalue weighted by molar-refractivity contribution is 0.102. The van der Waals surface area contributed by atoms with Gasteiger partial charge in [0.1, 0.15) is 10.7 Å². The van der Waals surface area contributed by atoms with Crippen molar-refractivity contribution in [3.8, 4) is 0 Å². The van der Waals surface area contributed by atoms with E-state index >= 15 is 0 Å². The molecule has 0 atom stereocenters. The number of hydrogen-bond donors (Lipinski definition) is 1. The van der Waals surface area contributed by atoms with Crippen molar-refractivity contribution < 1.29 is 13.2 Å². The lowest BCUT2D eigenvalue weighted by Gasteiger charge is -2.30. The number of nitrogens with one attached hydrogen (secondary N) is 1. The monoisotopic (exact) mass is 439 g/mol. The maximum atomic E-state index is 12.7. The van der Waals surface area contributed by atoms with Crippen LogP contribution in [-0.4, -0.2) is 26.7 Å². The standard InChI is InChI=1S/C19H19Cl2N3O3S/c1-11(2)10-24-12(3)23-28(26,27)17-9-13(7-8-16(17)24)19(25)22-18-14(20)5-4-6-15(18)21/h4-9,11H,10H2,1-3H3,(H,22,25). The topological polar surface area (TPSA) is 78.8 Å². The van der Waals surface area contributed by atoms with Crippen molar-refractivity contribution in [1.82, 2.24) is 0 Å². The third-order valence-electron chi connectivity index (χ3n) is 4.18. The maximum Gasteiger partial charge on any atom is 0.286 e. The third-order valence-corrected chi connectivity index (χ3v) is 6.20. The van der Waals surface area contributed by atoms with Crippen molar-refractivity contribution in [2.24, 2.45) is 10.3 Å². The predicted molar refractivity (Wildman–Crippen MR) is 113 cm³/mol. The molecule has 0 bridgehead atoms. The molecule has 1 aliphatic rings. The average Bonchev–Trinajstić information content (AvgIpc) is 2.61. The highest BCUT2D eigenvalue weighted by atomic mass is 35.5. The molecule has 148 valence electrons. The SMILES string of the molecule is CC1=NS(=O)(=O)c2cc(C(=O)Nc3c(Cl)cccc3Cl)ccc2N1CC(C)C. The Morgan fingerprint density at radius 1 is 1.18 bits per heavy atom. The van der Waals surface area contributed by atoms with E-state index < -0.39 is 15.9 Å². The number of hydrogen-bond acceptors (Lipinski definition) is 4. The zero-order valence-electron chi connectivity index (χ0n) is 15.5. The van der Waals surface area contributed by atoms with E-state index in [1.54, 1.807) is 37.3 Å². The van der Waals surface area contributed by atoms with Gasteiger partial charge in [0.2, 0.25) is 0 Å². The van der Waals surface area contributed by atoms with Crippen molar-refractivity contribution in [3.05, 3.63) is 52.0 Å². The Kier molecular flexibility index (Phi) is 5.70. The molecule has 0 saturated carbocycles. The summed E-state index contributed by atoms with van der Waals surface area (Å²) in [5.41, 5.74) is 0.942. The molecule has 1 N–H and O–H groups in total. The Hall–Kier alpha value is -2.09. The summed E-state index contributed by atoms with van der Waals surface area (Å²) in [6.45, 7) is 6.33. The van der Waals surface area contributed by atoms with Gasteiger partial charge in [-0.25, -0.2) is 0 Å². The van der Waals surface area contributed by atoms with Crippen LogP contribution in [0.15, 0.2) is 45.7 Å². The van der Waals surface area contributed by atoms with E-state index in [0.29, 0.717) is 24.0 Å². The molecule has 1 heterocycles. The van der Waals surface area contributed by atoms with Crippen LogP contribution < -0.4 is 10.2 Å². The fraction of sp³-hybridized carbons (Fsp3) is 0.263. The molecule has 0 aliphatic carbocycles. The van der Waals surface area contributed by atoms with E-state index in [9.17, 15) is 13.2 Å². The van der Waals surface area contributed by atoms with Crippen molar-refractivity contribution in [3.63, 3.8) is 0 Å². The maximum absolute atomic E-state index is 12.7. The van der Waals surface area contributed by atoms with Gasteiger partial charge in [-0.1, -0.05) is 43.1 Å². The highest BCUT2D eigenvalue weighted by Crippen LogP contribution is 2.34. The molecule has 2 aromatic rings. The number of sulfonamides is 1. The number of rotatable bonds is 4. The van der Waals surface area contributed by atoms with E-state index in [1.165, 1.54) is 6.07 Å². The van der Waals surface area contributed by atoms with Crippen LogP contribution in [0.2, 0.25) is 10.0 Å². The van der Waals surface area contributed by atoms with Gasteiger partial charge in [-0.15, -0.1) is 4.40 Å². The number of halogens is 2. The first-order valence-electron chi connectivity index (χ1n) is 8.58. The largest absolute Gasteiger partial charge is 0.328 e. The van der Waals surface area contributed by atoms with Crippen LogP contribution in [-0.2, 0) is 10.0 Å². The van der Waals surface area contributed by atoms with Gasteiger partial charge in [-0.05, 0) is 43.2 Å². The molecule has 9 heteroatoms. The molecule has 0 spiro atoms. The molecule has 2 aromatic carbocycles. The van der Waals surface area contributed by atoms with E-state index in [-0.39, 0.29) is 26.2 Å². The number of benzene rings is 2. The van der Waals surface area contributed by atoms with Crippen LogP contribution in [0.4, 0.5) is 11.4 Å². The van der Waals surface area contributed by atoms with Gasteiger partial charge in [0.25, 0.3) is 15.9 Å². The van der Waals surface area contributed by atoms with Crippen molar-refractivity contribution in [1.29, 1.82) is 0 Å². The number of para-hydroxylation sites is 1. The van der Waals surface area contributed by atoms with Crippen molar-refractivity contribution in [2.45, 2.75) is 25.7 Å². The summed E-state index contributed by atoms with van der Waals surface area (Å²) in [5.74, 6) is 0.181. The number of fused-ring (bicyclic) bond motifs is 1. The molecule has 0 fully saturated rings. The van der Waals surface area contributed by atoms with E-state index in [2.05, 4.69) is 9.71 Å². The van der Waals surface area contributed by atoms with Gasteiger partial charge in [0, 0.05) is 12.1 Å². The third kappa shape index (κ3) is 4.01. The van der Waals surface area contributed by atoms with Gasteiger partial charge >= 0.3 is 0 Å². The molecule has 6 nitrogen and oxygen atoms in total. The van der Waals surface area contributed by atoms with Crippen LogP contribution in [0.1, 0.15) is 31.1 Å². The number of carbonyl (C=O) groups excluding carboxylic acids is 1. The number of nitrogens with zero attached hydrogens (tertiary/aromatic N) is 2. The fourth-order valence-electron chi connectivity index (χ4n) is 2.93. The van der Waals surface area contributed by atoms with Crippen LogP contribution in [0, 0.1) is 5.92 Å². The highest BCUT2D eigenvalue weighted by Gasteiger charge is 2.30. The van der Waals surface area contributed by atoms with Crippen LogP contribution in [0.5, 0.6) is 0 Å². The molecule has 28 heavy (non-hydrogen) atoms. The molecule has 1 amide bonds. The lowest BCUT2D eigenvalue weighted by atomic mass is 10.1. The van der Waals surface area contributed by atoms with Crippen LogP contribution in [0.25, 0.3) is 0 Å². The Bertz CT molecular complexity index is 1060. The predicted octanol–water partition coefficient (Wildman–Crippen LogP) is 4.83.